The lowest BCUT2D eigenvalue weighted by Crippen LogP contribution is -2.45. The Balaban J connectivity index is 2.07. The lowest BCUT2D eigenvalue weighted by Gasteiger charge is -2.33. The SMILES string of the molecule is CN1CCOC(C(N)c2ccnn2C)C1. The summed E-state index contributed by atoms with van der Waals surface area (Å²) in [7, 11) is 3.99. The first kappa shape index (κ1) is 10.6. The Hall–Kier alpha value is -0.910. The van der Waals surface area contributed by atoms with Crippen molar-refractivity contribution in [1.82, 2.24) is 14.7 Å². The molecule has 1 aromatic rings. The summed E-state index contributed by atoms with van der Waals surface area (Å²) in [6.45, 7) is 2.62. The van der Waals surface area contributed by atoms with Gasteiger partial charge in [0.05, 0.1) is 24.4 Å². The Morgan fingerprint density at radius 1 is 1.60 bits per heavy atom. The van der Waals surface area contributed by atoms with E-state index in [-0.39, 0.29) is 12.1 Å². The number of aromatic nitrogens is 2. The second kappa shape index (κ2) is 4.30. The molecule has 1 saturated heterocycles. The van der Waals surface area contributed by atoms with Gasteiger partial charge >= 0.3 is 0 Å². The first-order chi connectivity index (χ1) is 7.18. The Labute approximate surface area is 89.8 Å². The third kappa shape index (κ3) is 2.19. The number of hydrogen-bond donors (Lipinski definition) is 1. The number of nitrogens with two attached hydrogens (primary N) is 1. The van der Waals surface area contributed by atoms with E-state index in [9.17, 15) is 0 Å². The number of ether oxygens (including phenoxy) is 1. The number of aryl methyl sites for hydroxylation is 1. The van der Waals surface area contributed by atoms with Crippen molar-refractivity contribution in [2.24, 2.45) is 12.8 Å². The topological polar surface area (TPSA) is 56.3 Å². The predicted molar refractivity (Wildman–Crippen MR) is 57.4 cm³/mol. The van der Waals surface area contributed by atoms with Gasteiger partial charge in [0.25, 0.3) is 0 Å². The molecule has 1 aromatic heterocycles. The maximum absolute atomic E-state index is 6.16. The molecule has 0 radical (unpaired) electrons. The van der Waals surface area contributed by atoms with Crippen LogP contribution in [-0.4, -0.2) is 47.5 Å². The quantitative estimate of drug-likeness (QED) is 0.731. The molecule has 0 spiro atoms. The summed E-state index contributed by atoms with van der Waals surface area (Å²) in [4.78, 5) is 2.24. The van der Waals surface area contributed by atoms with Gasteiger partial charge in [0, 0.05) is 26.3 Å². The van der Waals surface area contributed by atoms with Crippen LogP contribution in [-0.2, 0) is 11.8 Å². The zero-order valence-electron chi connectivity index (χ0n) is 9.26. The molecule has 1 aliphatic rings. The number of morpholine rings is 1. The van der Waals surface area contributed by atoms with E-state index in [0.29, 0.717) is 0 Å². The van der Waals surface area contributed by atoms with Gasteiger partial charge in [0.2, 0.25) is 0 Å². The third-order valence-corrected chi connectivity index (χ3v) is 2.90. The van der Waals surface area contributed by atoms with E-state index in [1.165, 1.54) is 0 Å². The highest BCUT2D eigenvalue weighted by atomic mass is 16.5. The lowest BCUT2D eigenvalue weighted by atomic mass is 10.1. The van der Waals surface area contributed by atoms with E-state index in [1.54, 1.807) is 6.20 Å². The first-order valence-corrected chi connectivity index (χ1v) is 5.22. The fraction of sp³-hybridized carbons (Fsp3) is 0.700. The van der Waals surface area contributed by atoms with Crippen molar-refractivity contribution in [3.8, 4) is 0 Å². The number of hydrogen-bond acceptors (Lipinski definition) is 4. The number of nitrogens with zero attached hydrogens (tertiary/aromatic N) is 3. The molecule has 2 unspecified atom stereocenters. The molecular formula is C10H18N4O. The monoisotopic (exact) mass is 210 g/mol. The van der Waals surface area contributed by atoms with Crippen molar-refractivity contribution in [2.75, 3.05) is 26.7 Å². The van der Waals surface area contributed by atoms with E-state index < -0.39 is 0 Å². The van der Waals surface area contributed by atoms with Crippen LogP contribution in [0.1, 0.15) is 11.7 Å². The molecule has 1 aliphatic heterocycles. The number of rotatable bonds is 2. The molecule has 0 saturated carbocycles. The molecule has 0 aliphatic carbocycles. The van der Waals surface area contributed by atoms with Crippen LogP contribution in [0.4, 0.5) is 0 Å². The molecule has 0 amide bonds. The van der Waals surface area contributed by atoms with Crippen LogP contribution in [0, 0.1) is 0 Å². The molecule has 84 valence electrons. The highest BCUT2D eigenvalue weighted by Gasteiger charge is 2.26. The van der Waals surface area contributed by atoms with Crippen LogP contribution in [0.15, 0.2) is 12.3 Å². The van der Waals surface area contributed by atoms with Crippen LogP contribution < -0.4 is 5.73 Å². The number of likely N-dealkylation sites (N-methyl/N-ethyl adjacent to an activating group) is 1. The highest BCUT2D eigenvalue weighted by molar-refractivity contribution is 5.08. The molecule has 2 N–H and O–H groups in total. The van der Waals surface area contributed by atoms with Gasteiger partial charge < -0.3 is 15.4 Å². The van der Waals surface area contributed by atoms with Crippen LogP contribution >= 0.6 is 0 Å². The average molecular weight is 210 g/mol. The molecule has 5 heteroatoms. The zero-order valence-corrected chi connectivity index (χ0v) is 9.26. The lowest BCUT2D eigenvalue weighted by molar-refractivity contribution is -0.0337. The Morgan fingerprint density at radius 2 is 2.40 bits per heavy atom. The summed E-state index contributed by atoms with van der Waals surface area (Å²) >= 11 is 0. The maximum Gasteiger partial charge on any atom is 0.0909 e. The zero-order chi connectivity index (χ0) is 10.8. The van der Waals surface area contributed by atoms with Crippen molar-refractivity contribution in [3.05, 3.63) is 18.0 Å². The fourth-order valence-electron chi connectivity index (χ4n) is 1.93. The van der Waals surface area contributed by atoms with E-state index in [2.05, 4.69) is 17.0 Å². The minimum atomic E-state index is -0.0970. The van der Waals surface area contributed by atoms with Crippen LogP contribution in [0.25, 0.3) is 0 Å². The summed E-state index contributed by atoms with van der Waals surface area (Å²) in [6, 6.07) is 1.85. The molecule has 0 bridgehead atoms. The molecule has 15 heavy (non-hydrogen) atoms. The van der Waals surface area contributed by atoms with Gasteiger partial charge in [-0.2, -0.15) is 5.10 Å². The minimum Gasteiger partial charge on any atom is -0.374 e. The molecule has 2 heterocycles. The Morgan fingerprint density at radius 3 is 3.00 bits per heavy atom. The van der Waals surface area contributed by atoms with E-state index in [4.69, 9.17) is 10.5 Å². The van der Waals surface area contributed by atoms with Gasteiger partial charge in [-0.15, -0.1) is 0 Å². The second-order valence-electron chi connectivity index (χ2n) is 4.08. The Kier molecular flexibility index (Phi) is 3.04. The van der Waals surface area contributed by atoms with E-state index in [1.807, 2.05) is 17.8 Å². The van der Waals surface area contributed by atoms with Crippen molar-refractivity contribution in [2.45, 2.75) is 12.1 Å². The highest BCUT2D eigenvalue weighted by Crippen LogP contribution is 2.18. The second-order valence-corrected chi connectivity index (χ2v) is 4.08. The Bertz CT molecular complexity index is 325. The molecule has 1 fully saturated rings. The van der Waals surface area contributed by atoms with Crippen LogP contribution in [0.2, 0.25) is 0 Å². The third-order valence-electron chi connectivity index (χ3n) is 2.90. The summed E-state index contributed by atoms with van der Waals surface area (Å²) in [5.74, 6) is 0. The van der Waals surface area contributed by atoms with Crippen molar-refractivity contribution in [1.29, 1.82) is 0 Å². The van der Waals surface area contributed by atoms with Gasteiger partial charge in [-0.1, -0.05) is 0 Å². The molecule has 2 atom stereocenters. The molecule has 2 rings (SSSR count). The van der Waals surface area contributed by atoms with Crippen molar-refractivity contribution < 1.29 is 4.74 Å². The average Bonchev–Trinajstić information content (AvgIpc) is 2.63. The summed E-state index contributed by atoms with van der Waals surface area (Å²) < 4.78 is 7.49. The van der Waals surface area contributed by atoms with Gasteiger partial charge in [0.15, 0.2) is 0 Å². The van der Waals surface area contributed by atoms with Crippen LogP contribution in [0.3, 0.4) is 0 Å². The predicted octanol–water partition coefficient (Wildman–Crippen LogP) is -0.250. The molecule has 0 aromatic carbocycles. The molecular weight excluding hydrogens is 192 g/mol. The summed E-state index contributed by atoms with van der Waals surface area (Å²) in [6.07, 6.45) is 1.83. The van der Waals surface area contributed by atoms with Crippen LogP contribution in [0.5, 0.6) is 0 Å². The fourth-order valence-corrected chi connectivity index (χ4v) is 1.93. The first-order valence-electron chi connectivity index (χ1n) is 5.22. The maximum atomic E-state index is 6.16. The van der Waals surface area contributed by atoms with Gasteiger partial charge in [-0.3, -0.25) is 4.68 Å². The standard InChI is InChI=1S/C10H18N4O/c1-13-5-6-15-9(7-13)10(11)8-3-4-12-14(8)2/h3-4,9-10H,5-7,11H2,1-2H3. The minimum absolute atomic E-state index is 0.0687. The summed E-state index contributed by atoms with van der Waals surface area (Å²) in [5.41, 5.74) is 7.19. The normalized spacial score (nSPS) is 25.4. The van der Waals surface area contributed by atoms with Crippen molar-refractivity contribution in [3.63, 3.8) is 0 Å². The van der Waals surface area contributed by atoms with Gasteiger partial charge in [-0.05, 0) is 13.1 Å². The van der Waals surface area contributed by atoms with Gasteiger partial charge in [0.1, 0.15) is 0 Å². The van der Waals surface area contributed by atoms with Gasteiger partial charge in [-0.25, -0.2) is 0 Å². The van der Waals surface area contributed by atoms with Crippen molar-refractivity contribution >= 4 is 0 Å². The van der Waals surface area contributed by atoms with E-state index in [0.717, 1.165) is 25.4 Å². The summed E-state index contributed by atoms with van der Waals surface area (Å²) in [5, 5.41) is 4.12. The largest absolute Gasteiger partial charge is 0.374 e. The molecule has 5 nitrogen and oxygen atoms in total. The smallest absolute Gasteiger partial charge is 0.0909 e. The van der Waals surface area contributed by atoms with E-state index >= 15 is 0 Å².